The molecule has 0 aliphatic rings. The molecule has 4 heteroatoms. The lowest BCUT2D eigenvalue weighted by atomic mass is 10.1. The minimum Gasteiger partial charge on any atom is -0.369 e. The van der Waals surface area contributed by atoms with Crippen LogP contribution in [0.15, 0.2) is 24.3 Å². The second-order valence-corrected chi connectivity index (χ2v) is 5.25. The minimum atomic E-state index is 0.622. The monoisotopic (exact) mass is 302 g/mol. The van der Waals surface area contributed by atoms with Gasteiger partial charge in [-0.25, -0.2) is 0 Å². The van der Waals surface area contributed by atoms with E-state index in [4.69, 9.17) is 23.2 Å². The van der Waals surface area contributed by atoms with Crippen molar-refractivity contribution < 1.29 is 0 Å². The lowest BCUT2D eigenvalue weighted by Gasteiger charge is -2.24. The minimum absolute atomic E-state index is 0.622. The number of hydrogen-bond acceptors (Lipinski definition) is 2. The van der Waals surface area contributed by atoms with Gasteiger partial charge in [0.2, 0.25) is 0 Å². The standard InChI is InChI=1S/C15H24Cl2N2/c1-3-18(4-2)13-14-6-5-7-15(12-14)19(10-8-16)11-9-17/h5-7,12H,3-4,8-11,13H2,1-2H3. The van der Waals surface area contributed by atoms with Gasteiger partial charge in [-0.15, -0.1) is 23.2 Å². The topological polar surface area (TPSA) is 6.48 Å². The van der Waals surface area contributed by atoms with E-state index in [1.807, 2.05) is 0 Å². The van der Waals surface area contributed by atoms with Crippen molar-refractivity contribution in [3.05, 3.63) is 29.8 Å². The highest BCUT2D eigenvalue weighted by molar-refractivity contribution is 6.18. The van der Waals surface area contributed by atoms with E-state index in [1.54, 1.807) is 0 Å². The summed E-state index contributed by atoms with van der Waals surface area (Å²) in [4.78, 5) is 4.65. The maximum absolute atomic E-state index is 5.86. The van der Waals surface area contributed by atoms with E-state index in [0.29, 0.717) is 11.8 Å². The molecule has 0 heterocycles. The maximum atomic E-state index is 5.86. The van der Waals surface area contributed by atoms with Crippen molar-refractivity contribution in [1.82, 2.24) is 4.90 Å². The molecule has 0 aliphatic heterocycles. The molecule has 0 radical (unpaired) electrons. The molecule has 0 atom stereocenters. The first-order valence-corrected chi connectivity index (χ1v) is 8.00. The van der Waals surface area contributed by atoms with Gasteiger partial charge in [-0.1, -0.05) is 26.0 Å². The molecule has 0 aliphatic carbocycles. The van der Waals surface area contributed by atoms with E-state index >= 15 is 0 Å². The lowest BCUT2D eigenvalue weighted by Crippen LogP contribution is -2.28. The number of benzene rings is 1. The molecule has 0 N–H and O–H groups in total. The van der Waals surface area contributed by atoms with Gasteiger partial charge in [-0.3, -0.25) is 4.90 Å². The number of hydrogen-bond donors (Lipinski definition) is 0. The SMILES string of the molecule is CCN(CC)Cc1cccc(N(CCCl)CCCl)c1. The second kappa shape index (κ2) is 9.46. The summed E-state index contributed by atoms with van der Waals surface area (Å²) in [6, 6.07) is 8.67. The number of halogens is 2. The molecule has 1 rings (SSSR count). The molecule has 0 aromatic heterocycles. The van der Waals surface area contributed by atoms with Gasteiger partial charge in [-0.2, -0.15) is 0 Å². The number of anilines is 1. The van der Waals surface area contributed by atoms with E-state index in [-0.39, 0.29) is 0 Å². The van der Waals surface area contributed by atoms with Gasteiger partial charge in [0.1, 0.15) is 0 Å². The first kappa shape index (κ1) is 16.6. The zero-order valence-electron chi connectivity index (χ0n) is 11.9. The van der Waals surface area contributed by atoms with Crippen LogP contribution < -0.4 is 4.90 Å². The Morgan fingerprint density at radius 2 is 1.63 bits per heavy atom. The molecule has 0 bridgehead atoms. The predicted molar refractivity (Wildman–Crippen MR) is 86.7 cm³/mol. The van der Waals surface area contributed by atoms with Crippen LogP contribution in [0.1, 0.15) is 19.4 Å². The van der Waals surface area contributed by atoms with Crippen molar-refractivity contribution in [1.29, 1.82) is 0 Å². The number of rotatable bonds is 9. The molecule has 0 fully saturated rings. The smallest absolute Gasteiger partial charge is 0.0399 e. The average Bonchev–Trinajstić information content (AvgIpc) is 2.45. The zero-order valence-corrected chi connectivity index (χ0v) is 13.4. The first-order valence-electron chi connectivity index (χ1n) is 6.93. The van der Waals surface area contributed by atoms with Crippen LogP contribution in [0.3, 0.4) is 0 Å². The molecule has 0 saturated carbocycles. The Labute approximate surface area is 127 Å². The zero-order chi connectivity index (χ0) is 14.1. The summed E-state index contributed by atoms with van der Waals surface area (Å²) in [5.41, 5.74) is 2.56. The van der Waals surface area contributed by atoms with Crippen LogP contribution in [0.4, 0.5) is 5.69 Å². The van der Waals surface area contributed by atoms with Gasteiger partial charge >= 0.3 is 0 Å². The number of nitrogens with zero attached hydrogens (tertiary/aromatic N) is 2. The van der Waals surface area contributed by atoms with Gasteiger partial charge in [0, 0.05) is 37.1 Å². The summed E-state index contributed by atoms with van der Waals surface area (Å²) in [7, 11) is 0. The fourth-order valence-corrected chi connectivity index (χ4v) is 2.54. The van der Waals surface area contributed by atoms with Crippen molar-refractivity contribution in [3.8, 4) is 0 Å². The first-order chi connectivity index (χ1) is 9.24. The molecule has 1 aromatic carbocycles. The third-order valence-corrected chi connectivity index (χ3v) is 3.62. The van der Waals surface area contributed by atoms with Gasteiger partial charge < -0.3 is 4.90 Å². The third kappa shape index (κ3) is 5.60. The molecule has 19 heavy (non-hydrogen) atoms. The van der Waals surface area contributed by atoms with Gasteiger partial charge in [0.25, 0.3) is 0 Å². The largest absolute Gasteiger partial charge is 0.369 e. The van der Waals surface area contributed by atoms with Gasteiger partial charge in [0.15, 0.2) is 0 Å². The Morgan fingerprint density at radius 1 is 1.00 bits per heavy atom. The summed E-state index contributed by atoms with van der Waals surface area (Å²) in [6.07, 6.45) is 0. The van der Waals surface area contributed by atoms with E-state index < -0.39 is 0 Å². The third-order valence-electron chi connectivity index (χ3n) is 3.29. The fraction of sp³-hybridized carbons (Fsp3) is 0.600. The molecule has 0 spiro atoms. The van der Waals surface area contributed by atoms with Crippen molar-refractivity contribution >= 4 is 28.9 Å². The molecule has 0 unspecified atom stereocenters. The van der Waals surface area contributed by atoms with Crippen LogP contribution in [0.5, 0.6) is 0 Å². The molecular formula is C15H24Cl2N2. The van der Waals surface area contributed by atoms with E-state index in [1.165, 1.54) is 11.3 Å². The maximum Gasteiger partial charge on any atom is 0.0399 e. The summed E-state index contributed by atoms with van der Waals surface area (Å²) in [5, 5.41) is 0. The van der Waals surface area contributed by atoms with Gasteiger partial charge in [-0.05, 0) is 30.8 Å². The Balaban J connectivity index is 2.79. The Morgan fingerprint density at radius 3 is 2.16 bits per heavy atom. The molecule has 108 valence electrons. The highest BCUT2D eigenvalue weighted by Gasteiger charge is 2.07. The highest BCUT2D eigenvalue weighted by atomic mass is 35.5. The Bertz CT molecular complexity index is 348. The second-order valence-electron chi connectivity index (χ2n) is 4.50. The quantitative estimate of drug-likeness (QED) is 0.640. The summed E-state index contributed by atoms with van der Waals surface area (Å²) >= 11 is 11.7. The Hall–Kier alpha value is -0.440. The molecule has 0 amide bonds. The van der Waals surface area contributed by atoms with Crippen LogP contribution in [0, 0.1) is 0 Å². The molecule has 1 aromatic rings. The Kier molecular flexibility index (Phi) is 8.27. The molecular weight excluding hydrogens is 279 g/mol. The van der Waals surface area contributed by atoms with E-state index in [0.717, 1.165) is 32.7 Å². The normalized spacial score (nSPS) is 11.0. The van der Waals surface area contributed by atoms with Crippen LogP contribution in [-0.2, 0) is 6.54 Å². The summed E-state index contributed by atoms with van der Waals surface area (Å²) in [5.74, 6) is 1.24. The van der Waals surface area contributed by atoms with Crippen LogP contribution in [0.25, 0.3) is 0 Å². The van der Waals surface area contributed by atoms with E-state index in [9.17, 15) is 0 Å². The lowest BCUT2D eigenvalue weighted by molar-refractivity contribution is 0.296. The molecule has 0 saturated heterocycles. The van der Waals surface area contributed by atoms with Crippen molar-refractivity contribution in [2.75, 3.05) is 42.8 Å². The highest BCUT2D eigenvalue weighted by Crippen LogP contribution is 2.17. The van der Waals surface area contributed by atoms with Crippen LogP contribution in [-0.4, -0.2) is 42.8 Å². The van der Waals surface area contributed by atoms with E-state index in [2.05, 4.69) is 47.9 Å². The van der Waals surface area contributed by atoms with Crippen LogP contribution in [0.2, 0.25) is 0 Å². The summed E-state index contributed by atoms with van der Waals surface area (Å²) < 4.78 is 0. The van der Waals surface area contributed by atoms with Crippen molar-refractivity contribution in [2.24, 2.45) is 0 Å². The van der Waals surface area contributed by atoms with Crippen LogP contribution >= 0.6 is 23.2 Å². The summed E-state index contributed by atoms with van der Waals surface area (Å²) in [6.45, 7) is 9.21. The van der Waals surface area contributed by atoms with Crippen molar-refractivity contribution in [2.45, 2.75) is 20.4 Å². The number of alkyl halides is 2. The fourth-order valence-electron chi connectivity index (χ4n) is 2.13. The predicted octanol–water partition coefficient (Wildman–Crippen LogP) is 3.81. The average molecular weight is 303 g/mol. The molecule has 2 nitrogen and oxygen atoms in total. The van der Waals surface area contributed by atoms with Gasteiger partial charge in [0.05, 0.1) is 0 Å². The van der Waals surface area contributed by atoms with Crippen molar-refractivity contribution in [3.63, 3.8) is 0 Å².